The number of rotatable bonds is 7. The molecule has 7 heteroatoms. The van der Waals surface area contributed by atoms with E-state index in [0.717, 1.165) is 24.1 Å². The molecule has 0 aromatic heterocycles. The summed E-state index contributed by atoms with van der Waals surface area (Å²) in [4.78, 5) is 0. The van der Waals surface area contributed by atoms with Crippen molar-refractivity contribution in [1.82, 2.24) is 5.32 Å². The second-order valence-corrected chi connectivity index (χ2v) is 6.64. The summed E-state index contributed by atoms with van der Waals surface area (Å²) < 4.78 is 5.42. The topological polar surface area (TPSA) is 21.3 Å². The van der Waals surface area contributed by atoms with Gasteiger partial charge in [0.25, 0.3) is 0 Å². The molecular weight excluding hydrogens is 411 g/mol. The fourth-order valence-corrected chi connectivity index (χ4v) is 3.32. The predicted molar refractivity (Wildman–Crippen MR) is 107 cm³/mol. The number of benzene rings is 2. The molecule has 0 atom stereocenters. The third kappa shape index (κ3) is 6.18. The van der Waals surface area contributed by atoms with Gasteiger partial charge in [0.05, 0.1) is 16.7 Å². The number of hydrogen-bond donors (Lipinski definition) is 1. The quantitative estimate of drug-likeness (QED) is 0.511. The first-order valence-corrected chi connectivity index (χ1v) is 8.77. The zero-order valence-electron chi connectivity index (χ0n) is 13.0. The number of hydrogen-bond acceptors (Lipinski definition) is 2. The van der Waals surface area contributed by atoms with E-state index in [9.17, 15) is 0 Å². The third-order valence-corrected chi connectivity index (χ3v) is 4.41. The molecule has 2 aromatic rings. The van der Waals surface area contributed by atoms with Crippen molar-refractivity contribution in [3.8, 4) is 5.75 Å². The Labute approximate surface area is 168 Å². The molecule has 2 rings (SSSR count). The summed E-state index contributed by atoms with van der Waals surface area (Å²) in [5.74, 6) is 0.535. The Morgan fingerprint density at radius 1 is 0.958 bits per heavy atom. The highest BCUT2D eigenvalue weighted by Crippen LogP contribution is 2.34. The van der Waals surface area contributed by atoms with Crippen LogP contribution in [0.4, 0.5) is 0 Å². The number of ether oxygens (including phenoxy) is 1. The maximum Gasteiger partial charge on any atom is 0.156 e. The van der Waals surface area contributed by atoms with Crippen LogP contribution in [-0.4, -0.2) is 13.2 Å². The maximum atomic E-state index is 6.19. The second kappa shape index (κ2) is 10.6. The largest absolute Gasteiger partial charge is 0.491 e. The molecule has 1 N–H and O–H groups in total. The van der Waals surface area contributed by atoms with Gasteiger partial charge in [-0.05, 0) is 55.3 Å². The van der Waals surface area contributed by atoms with Gasteiger partial charge < -0.3 is 10.1 Å². The van der Waals surface area contributed by atoms with E-state index in [1.165, 1.54) is 0 Å². The summed E-state index contributed by atoms with van der Waals surface area (Å²) in [5, 5.41) is 5.73. The molecule has 2 aromatic carbocycles. The molecule has 0 spiro atoms. The molecular formula is C17H18Cl5NO. The monoisotopic (exact) mass is 427 g/mol. The van der Waals surface area contributed by atoms with Gasteiger partial charge in [0.15, 0.2) is 5.75 Å². The molecule has 0 unspecified atom stereocenters. The third-order valence-electron chi connectivity index (χ3n) is 3.26. The van der Waals surface area contributed by atoms with Crippen molar-refractivity contribution in [1.29, 1.82) is 0 Å². The van der Waals surface area contributed by atoms with Crippen LogP contribution >= 0.6 is 58.8 Å². The fourth-order valence-electron chi connectivity index (χ4n) is 2.18. The normalized spacial score (nSPS) is 10.4. The van der Waals surface area contributed by atoms with Crippen LogP contribution in [0.5, 0.6) is 5.75 Å². The van der Waals surface area contributed by atoms with E-state index in [0.29, 0.717) is 39.0 Å². The van der Waals surface area contributed by atoms with E-state index < -0.39 is 0 Å². The van der Waals surface area contributed by atoms with Crippen LogP contribution in [-0.2, 0) is 13.0 Å². The summed E-state index contributed by atoms with van der Waals surface area (Å²) in [5.41, 5.74) is 2.07. The lowest BCUT2D eigenvalue weighted by Crippen LogP contribution is -2.17. The Hall–Kier alpha value is -0.350. The Bertz CT molecular complexity index is 655. The average molecular weight is 430 g/mol. The van der Waals surface area contributed by atoms with Crippen molar-refractivity contribution in [2.24, 2.45) is 0 Å². The molecule has 132 valence electrons. The highest BCUT2D eigenvalue weighted by atomic mass is 35.5. The van der Waals surface area contributed by atoms with Crippen molar-refractivity contribution in [3.05, 3.63) is 61.5 Å². The van der Waals surface area contributed by atoms with E-state index in [1.54, 1.807) is 6.07 Å². The number of halogens is 5. The average Bonchev–Trinajstić information content (AvgIpc) is 2.49. The molecule has 0 saturated heterocycles. The van der Waals surface area contributed by atoms with Crippen LogP contribution < -0.4 is 10.1 Å². The first kappa shape index (κ1) is 21.7. The van der Waals surface area contributed by atoms with Gasteiger partial charge in [-0.1, -0.05) is 52.5 Å². The minimum Gasteiger partial charge on any atom is -0.491 e. The van der Waals surface area contributed by atoms with E-state index in [1.807, 2.05) is 31.2 Å². The molecule has 0 radical (unpaired) electrons. The molecule has 0 fully saturated rings. The molecule has 0 bridgehead atoms. The van der Waals surface area contributed by atoms with Crippen LogP contribution in [0.1, 0.15) is 18.1 Å². The van der Waals surface area contributed by atoms with Crippen molar-refractivity contribution in [2.45, 2.75) is 19.9 Å². The van der Waals surface area contributed by atoms with Gasteiger partial charge in [-0.15, -0.1) is 12.4 Å². The molecule has 0 aliphatic carbocycles. The zero-order chi connectivity index (χ0) is 16.8. The summed E-state index contributed by atoms with van der Waals surface area (Å²) in [6.45, 7) is 3.86. The lowest BCUT2D eigenvalue weighted by molar-refractivity contribution is 0.340. The molecule has 24 heavy (non-hydrogen) atoms. The Kier molecular flexibility index (Phi) is 9.58. The molecule has 0 heterocycles. The van der Waals surface area contributed by atoms with Crippen molar-refractivity contribution >= 4 is 58.8 Å². The van der Waals surface area contributed by atoms with Gasteiger partial charge in [-0.2, -0.15) is 0 Å². The highest BCUT2D eigenvalue weighted by molar-refractivity contribution is 6.37. The smallest absolute Gasteiger partial charge is 0.156 e. The fraction of sp³-hybridized carbons (Fsp3) is 0.294. The van der Waals surface area contributed by atoms with Gasteiger partial charge in [-0.25, -0.2) is 0 Å². The zero-order valence-corrected chi connectivity index (χ0v) is 16.9. The van der Waals surface area contributed by atoms with Gasteiger partial charge in [0.2, 0.25) is 0 Å². The minimum atomic E-state index is 0. The van der Waals surface area contributed by atoms with E-state index in [4.69, 9.17) is 51.1 Å². The van der Waals surface area contributed by atoms with Gasteiger partial charge in [-0.3, -0.25) is 0 Å². The van der Waals surface area contributed by atoms with Crippen molar-refractivity contribution < 1.29 is 4.74 Å². The molecule has 0 aliphatic heterocycles. The van der Waals surface area contributed by atoms with Crippen molar-refractivity contribution in [3.63, 3.8) is 0 Å². The lowest BCUT2D eigenvalue weighted by atomic mass is 10.1. The Balaban J connectivity index is 0.00000288. The summed E-state index contributed by atoms with van der Waals surface area (Å²) in [6.07, 6.45) is 0.814. The Morgan fingerprint density at radius 3 is 2.21 bits per heavy atom. The predicted octanol–water partition coefficient (Wildman–Crippen LogP) is 6.45. The summed E-state index contributed by atoms with van der Waals surface area (Å²) in [6, 6.07) is 9.26. The van der Waals surface area contributed by atoms with Gasteiger partial charge >= 0.3 is 0 Å². The lowest BCUT2D eigenvalue weighted by Gasteiger charge is -2.11. The van der Waals surface area contributed by atoms with Gasteiger partial charge in [0.1, 0.15) is 0 Å². The first-order chi connectivity index (χ1) is 11.0. The molecule has 0 amide bonds. The highest BCUT2D eigenvalue weighted by Gasteiger charge is 2.09. The van der Waals surface area contributed by atoms with E-state index in [2.05, 4.69) is 5.32 Å². The minimum absolute atomic E-state index is 0. The van der Waals surface area contributed by atoms with Gasteiger partial charge in [0, 0.05) is 16.6 Å². The molecule has 2 nitrogen and oxygen atoms in total. The summed E-state index contributed by atoms with van der Waals surface area (Å²) in [7, 11) is 0. The van der Waals surface area contributed by atoms with Crippen molar-refractivity contribution in [2.75, 3.05) is 13.2 Å². The SMILES string of the molecule is CCOc1c(Cl)cc(CNCCc2ccc(Cl)cc2Cl)cc1Cl.Cl. The van der Waals surface area contributed by atoms with Crippen LogP contribution in [0.15, 0.2) is 30.3 Å². The van der Waals surface area contributed by atoms with Crippen LogP contribution in [0.3, 0.4) is 0 Å². The maximum absolute atomic E-state index is 6.19. The molecule has 0 aliphatic rings. The second-order valence-electron chi connectivity index (χ2n) is 4.98. The Morgan fingerprint density at radius 2 is 1.62 bits per heavy atom. The van der Waals surface area contributed by atoms with E-state index >= 15 is 0 Å². The first-order valence-electron chi connectivity index (χ1n) is 7.26. The standard InChI is InChI=1S/C17H17Cl4NO.ClH/c1-2-23-17-15(20)7-11(8-16(17)21)10-22-6-5-12-3-4-13(18)9-14(12)19;/h3-4,7-9,22H,2,5-6,10H2,1H3;1H. The van der Waals surface area contributed by atoms with E-state index in [-0.39, 0.29) is 12.4 Å². The molecule has 0 saturated carbocycles. The summed E-state index contributed by atoms with van der Waals surface area (Å²) >= 11 is 24.4. The van der Waals surface area contributed by atoms with Crippen LogP contribution in [0.2, 0.25) is 20.1 Å². The van der Waals surface area contributed by atoms with Crippen LogP contribution in [0.25, 0.3) is 0 Å². The van der Waals surface area contributed by atoms with Crippen LogP contribution in [0, 0.1) is 0 Å². The number of nitrogens with one attached hydrogen (secondary N) is 1.